The lowest BCUT2D eigenvalue weighted by molar-refractivity contribution is 0.303. The van der Waals surface area contributed by atoms with Crippen molar-refractivity contribution in [3.05, 3.63) is 63.4 Å². The van der Waals surface area contributed by atoms with Crippen LogP contribution in [0.5, 0.6) is 5.75 Å². The van der Waals surface area contributed by atoms with Gasteiger partial charge in [0.2, 0.25) is 0 Å². The van der Waals surface area contributed by atoms with Crippen molar-refractivity contribution in [3.8, 4) is 5.75 Å². The van der Waals surface area contributed by atoms with Gasteiger partial charge in [0.25, 0.3) is 0 Å². The molecule has 0 heterocycles. The molecule has 0 saturated carbocycles. The SMILES string of the molecule is Cc1cc(C(=N)N)ccc1COc1ccc(F)cc1Br. The van der Waals surface area contributed by atoms with Crippen molar-refractivity contribution >= 4 is 21.8 Å². The van der Waals surface area contributed by atoms with E-state index in [2.05, 4.69) is 15.9 Å². The maximum absolute atomic E-state index is 13.0. The van der Waals surface area contributed by atoms with Crippen molar-refractivity contribution in [3.63, 3.8) is 0 Å². The Morgan fingerprint density at radius 1 is 1.30 bits per heavy atom. The fourth-order valence-corrected chi connectivity index (χ4v) is 2.24. The summed E-state index contributed by atoms with van der Waals surface area (Å²) in [5.74, 6) is 0.314. The van der Waals surface area contributed by atoms with Crippen LogP contribution in [-0.4, -0.2) is 5.84 Å². The van der Waals surface area contributed by atoms with Crippen LogP contribution in [0.4, 0.5) is 4.39 Å². The van der Waals surface area contributed by atoms with E-state index in [1.807, 2.05) is 19.1 Å². The standard InChI is InChI=1S/C15H14BrFN2O/c1-9-6-10(15(18)19)2-3-11(9)8-20-14-5-4-12(17)7-13(14)16/h2-7H,8H2,1H3,(H3,18,19). The molecule has 20 heavy (non-hydrogen) atoms. The largest absolute Gasteiger partial charge is 0.488 e. The van der Waals surface area contributed by atoms with Gasteiger partial charge in [-0.2, -0.15) is 0 Å². The zero-order valence-corrected chi connectivity index (χ0v) is 12.5. The molecule has 2 rings (SSSR count). The normalized spacial score (nSPS) is 10.3. The summed E-state index contributed by atoms with van der Waals surface area (Å²) in [5, 5.41) is 7.39. The molecule has 0 fully saturated rings. The fraction of sp³-hybridized carbons (Fsp3) is 0.133. The Bertz CT molecular complexity index is 658. The van der Waals surface area contributed by atoms with Crippen LogP contribution in [0.2, 0.25) is 0 Å². The smallest absolute Gasteiger partial charge is 0.134 e. The summed E-state index contributed by atoms with van der Waals surface area (Å²) in [6, 6.07) is 9.81. The summed E-state index contributed by atoms with van der Waals surface area (Å²) >= 11 is 3.26. The number of benzene rings is 2. The van der Waals surface area contributed by atoms with Crippen molar-refractivity contribution in [1.82, 2.24) is 0 Å². The number of aryl methyl sites for hydroxylation is 1. The molecule has 0 saturated heterocycles. The number of rotatable bonds is 4. The fourth-order valence-electron chi connectivity index (χ4n) is 1.77. The van der Waals surface area contributed by atoms with Gasteiger partial charge in [-0.3, -0.25) is 5.41 Å². The highest BCUT2D eigenvalue weighted by Crippen LogP contribution is 2.26. The summed E-state index contributed by atoms with van der Waals surface area (Å²) in [6.45, 7) is 2.30. The molecule has 3 N–H and O–H groups in total. The number of hydrogen-bond donors (Lipinski definition) is 2. The van der Waals surface area contributed by atoms with E-state index >= 15 is 0 Å². The van der Waals surface area contributed by atoms with Crippen LogP contribution in [0.3, 0.4) is 0 Å². The number of amidine groups is 1. The summed E-state index contributed by atoms with van der Waals surface area (Å²) in [4.78, 5) is 0. The van der Waals surface area contributed by atoms with Gasteiger partial charge in [0.1, 0.15) is 24.0 Å². The minimum Gasteiger partial charge on any atom is -0.488 e. The van der Waals surface area contributed by atoms with Crippen LogP contribution in [-0.2, 0) is 6.61 Å². The quantitative estimate of drug-likeness (QED) is 0.659. The summed E-state index contributed by atoms with van der Waals surface area (Å²) in [5.41, 5.74) is 8.12. The molecule has 0 bridgehead atoms. The van der Waals surface area contributed by atoms with Crippen molar-refractivity contribution in [2.45, 2.75) is 13.5 Å². The zero-order valence-electron chi connectivity index (χ0n) is 10.9. The van der Waals surface area contributed by atoms with Gasteiger partial charge >= 0.3 is 0 Å². The minimum absolute atomic E-state index is 0.0434. The molecule has 0 aliphatic heterocycles. The average Bonchev–Trinajstić information content (AvgIpc) is 2.38. The van der Waals surface area contributed by atoms with Crippen LogP contribution in [0, 0.1) is 18.2 Å². The molecule has 0 aliphatic rings. The zero-order chi connectivity index (χ0) is 14.7. The first kappa shape index (κ1) is 14.5. The second kappa shape index (κ2) is 6.05. The Labute approximate surface area is 125 Å². The highest BCUT2D eigenvalue weighted by Gasteiger charge is 2.06. The van der Waals surface area contributed by atoms with Gasteiger partial charge < -0.3 is 10.5 Å². The summed E-state index contributed by atoms with van der Waals surface area (Å²) in [6.07, 6.45) is 0. The second-order valence-electron chi connectivity index (χ2n) is 4.42. The lowest BCUT2D eigenvalue weighted by Gasteiger charge is -2.11. The molecule has 0 amide bonds. The van der Waals surface area contributed by atoms with E-state index in [-0.39, 0.29) is 11.7 Å². The van der Waals surface area contributed by atoms with E-state index in [0.717, 1.165) is 11.1 Å². The van der Waals surface area contributed by atoms with Gasteiger partial charge in [-0.05, 0) is 58.2 Å². The number of ether oxygens (including phenoxy) is 1. The number of nitrogens with one attached hydrogen (secondary N) is 1. The third kappa shape index (κ3) is 3.36. The van der Waals surface area contributed by atoms with Crippen LogP contribution < -0.4 is 10.5 Å². The molecule has 0 atom stereocenters. The van der Waals surface area contributed by atoms with E-state index < -0.39 is 0 Å². The molecular formula is C15H14BrFN2O. The Balaban J connectivity index is 2.13. The molecule has 0 aliphatic carbocycles. The van der Waals surface area contributed by atoms with Crippen molar-refractivity contribution in [2.75, 3.05) is 0 Å². The summed E-state index contributed by atoms with van der Waals surface area (Å²) < 4.78 is 19.2. The first-order chi connectivity index (χ1) is 9.47. The predicted octanol–water partition coefficient (Wildman–Crippen LogP) is 3.76. The van der Waals surface area contributed by atoms with E-state index in [1.54, 1.807) is 12.1 Å². The molecule has 0 aromatic heterocycles. The predicted molar refractivity (Wildman–Crippen MR) is 80.6 cm³/mol. The number of hydrogen-bond acceptors (Lipinski definition) is 2. The number of halogens is 2. The Morgan fingerprint density at radius 2 is 2.05 bits per heavy atom. The molecule has 0 radical (unpaired) electrons. The molecule has 3 nitrogen and oxygen atoms in total. The van der Waals surface area contributed by atoms with Crippen molar-refractivity contribution in [2.24, 2.45) is 5.73 Å². The first-order valence-electron chi connectivity index (χ1n) is 5.99. The third-order valence-corrected chi connectivity index (χ3v) is 3.55. The molecule has 104 valence electrons. The van der Waals surface area contributed by atoms with E-state index in [9.17, 15) is 4.39 Å². The topological polar surface area (TPSA) is 59.1 Å². The van der Waals surface area contributed by atoms with Crippen LogP contribution in [0.25, 0.3) is 0 Å². The lowest BCUT2D eigenvalue weighted by atomic mass is 10.1. The van der Waals surface area contributed by atoms with Gasteiger partial charge in [0, 0.05) is 5.56 Å². The van der Waals surface area contributed by atoms with Crippen LogP contribution in [0.1, 0.15) is 16.7 Å². The lowest BCUT2D eigenvalue weighted by Crippen LogP contribution is -2.11. The Hall–Kier alpha value is -1.88. The minimum atomic E-state index is -0.314. The van der Waals surface area contributed by atoms with Gasteiger partial charge in [0.05, 0.1) is 4.47 Å². The van der Waals surface area contributed by atoms with Gasteiger partial charge in [-0.15, -0.1) is 0 Å². The molecule has 0 unspecified atom stereocenters. The molecule has 5 heteroatoms. The maximum Gasteiger partial charge on any atom is 0.134 e. The van der Waals surface area contributed by atoms with Gasteiger partial charge in [-0.1, -0.05) is 12.1 Å². The van der Waals surface area contributed by atoms with Crippen LogP contribution in [0.15, 0.2) is 40.9 Å². The van der Waals surface area contributed by atoms with Gasteiger partial charge in [-0.25, -0.2) is 4.39 Å². The number of nitrogens with two attached hydrogens (primary N) is 1. The Kier molecular flexibility index (Phi) is 4.39. The molecule has 0 spiro atoms. The van der Waals surface area contributed by atoms with E-state index in [0.29, 0.717) is 22.4 Å². The maximum atomic E-state index is 13.0. The monoisotopic (exact) mass is 336 g/mol. The highest BCUT2D eigenvalue weighted by molar-refractivity contribution is 9.10. The highest BCUT2D eigenvalue weighted by atomic mass is 79.9. The first-order valence-corrected chi connectivity index (χ1v) is 6.78. The van der Waals surface area contributed by atoms with E-state index in [1.165, 1.54) is 12.1 Å². The third-order valence-electron chi connectivity index (χ3n) is 2.93. The van der Waals surface area contributed by atoms with E-state index in [4.69, 9.17) is 15.9 Å². The van der Waals surface area contributed by atoms with Gasteiger partial charge in [0.15, 0.2) is 0 Å². The molecular weight excluding hydrogens is 323 g/mol. The number of nitrogen functional groups attached to an aromatic ring is 1. The van der Waals surface area contributed by atoms with Crippen molar-refractivity contribution < 1.29 is 9.13 Å². The molecule has 2 aromatic rings. The molecule has 2 aromatic carbocycles. The Morgan fingerprint density at radius 3 is 2.65 bits per heavy atom. The second-order valence-corrected chi connectivity index (χ2v) is 5.27. The summed E-state index contributed by atoms with van der Waals surface area (Å²) in [7, 11) is 0. The van der Waals surface area contributed by atoms with Crippen LogP contribution >= 0.6 is 15.9 Å². The van der Waals surface area contributed by atoms with Crippen molar-refractivity contribution in [1.29, 1.82) is 5.41 Å². The average molecular weight is 337 g/mol.